The lowest BCUT2D eigenvalue weighted by molar-refractivity contribution is -0.117. The molecule has 1 atom stereocenters. The summed E-state index contributed by atoms with van der Waals surface area (Å²) >= 11 is 2.54. The SMILES string of the molecule is O=C1N=CN=C(C(F)(F)F)[C@H]1Br. The van der Waals surface area contributed by atoms with E-state index in [-0.39, 0.29) is 0 Å². The molecule has 0 aromatic heterocycles. The second-order valence-corrected chi connectivity index (χ2v) is 2.87. The van der Waals surface area contributed by atoms with Gasteiger partial charge in [-0.05, 0) is 0 Å². The van der Waals surface area contributed by atoms with Gasteiger partial charge in [0.05, 0.1) is 0 Å². The lowest BCUT2D eigenvalue weighted by atomic mass is 10.2. The molecule has 0 radical (unpaired) electrons. The predicted molar refractivity (Wildman–Crippen MR) is 39.7 cm³/mol. The van der Waals surface area contributed by atoms with Crippen molar-refractivity contribution in [1.82, 2.24) is 0 Å². The first kappa shape index (κ1) is 9.37. The van der Waals surface area contributed by atoms with E-state index in [9.17, 15) is 18.0 Å². The van der Waals surface area contributed by atoms with E-state index in [0.717, 1.165) is 0 Å². The molecule has 1 aliphatic rings. The van der Waals surface area contributed by atoms with Gasteiger partial charge in [0.1, 0.15) is 16.9 Å². The fraction of sp³-hybridized carbons (Fsp3) is 0.400. The Hall–Kier alpha value is -0.720. The minimum absolute atomic E-state index is 0.600. The van der Waals surface area contributed by atoms with Gasteiger partial charge in [0.2, 0.25) is 0 Å². The molecule has 66 valence electrons. The highest BCUT2D eigenvalue weighted by molar-refractivity contribution is 9.10. The van der Waals surface area contributed by atoms with E-state index < -0.39 is 22.6 Å². The third-order valence-corrected chi connectivity index (χ3v) is 1.95. The summed E-state index contributed by atoms with van der Waals surface area (Å²) in [5.74, 6) is -0.891. The van der Waals surface area contributed by atoms with Crippen LogP contribution in [0.2, 0.25) is 0 Å². The van der Waals surface area contributed by atoms with Crippen molar-refractivity contribution in [2.75, 3.05) is 0 Å². The summed E-state index contributed by atoms with van der Waals surface area (Å²) in [7, 11) is 0. The summed E-state index contributed by atoms with van der Waals surface area (Å²) in [4.78, 5) is 15.2. The monoisotopic (exact) mass is 242 g/mol. The zero-order valence-corrected chi connectivity index (χ0v) is 7.06. The molecule has 0 N–H and O–H groups in total. The summed E-state index contributed by atoms with van der Waals surface area (Å²) < 4.78 is 36.0. The van der Waals surface area contributed by atoms with Gasteiger partial charge in [0.25, 0.3) is 5.91 Å². The molecule has 0 saturated carbocycles. The fourth-order valence-corrected chi connectivity index (χ4v) is 1.11. The van der Waals surface area contributed by atoms with Crippen LogP contribution in [0.5, 0.6) is 0 Å². The Balaban J connectivity index is 2.98. The van der Waals surface area contributed by atoms with Crippen LogP contribution in [0.4, 0.5) is 13.2 Å². The highest BCUT2D eigenvalue weighted by Crippen LogP contribution is 2.24. The minimum Gasteiger partial charge on any atom is -0.271 e. The number of aliphatic imine (C=N–C) groups is 2. The first-order valence-electron chi connectivity index (χ1n) is 2.78. The smallest absolute Gasteiger partial charge is 0.271 e. The van der Waals surface area contributed by atoms with Crippen molar-refractivity contribution >= 4 is 33.9 Å². The van der Waals surface area contributed by atoms with Crippen LogP contribution in [0.15, 0.2) is 9.98 Å². The largest absolute Gasteiger partial charge is 0.431 e. The normalized spacial score (nSPS) is 24.2. The van der Waals surface area contributed by atoms with Crippen molar-refractivity contribution < 1.29 is 18.0 Å². The molecule has 3 nitrogen and oxygen atoms in total. The van der Waals surface area contributed by atoms with Gasteiger partial charge in [-0.3, -0.25) is 4.79 Å². The van der Waals surface area contributed by atoms with Crippen LogP contribution >= 0.6 is 15.9 Å². The molecule has 0 bridgehead atoms. The van der Waals surface area contributed by atoms with Crippen LogP contribution in [-0.4, -0.2) is 29.0 Å². The molecule has 0 aromatic carbocycles. The van der Waals surface area contributed by atoms with Gasteiger partial charge in [-0.2, -0.15) is 13.2 Å². The predicted octanol–water partition coefficient (Wildman–Crippen LogP) is 1.32. The van der Waals surface area contributed by atoms with Crippen molar-refractivity contribution in [1.29, 1.82) is 0 Å². The van der Waals surface area contributed by atoms with Gasteiger partial charge in [-0.1, -0.05) is 15.9 Å². The maximum Gasteiger partial charge on any atom is 0.431 e. The van der Waals surface area contributed by atoms with E-state index in [2.05, 4.69) is 25.9 Å². The van der Waals surface area contributed by atoms with Crippen LogP contribution in [0.1, 0.15) is 0 Å². The maximum absolute atomic E-state index is 12.0. The number of nitrogens with zero attached hydrogens (tertiary/aromatic N) is 2. The molecule has 0 spiro atoms. The molecule has 1 aliphatic heterocycles. The Morgan fingerprint density at radius 2 is 2.08 bits per heavy atom. The van der Waals surface area contributed by atoms with E-state index in [4.69, 9.17) is 0 Å². The number of halogens is 4. The van der Waals surface area contributed by atoms with Gasteiger partial charge in [0, 0.05) is 0 Å². The quantitative estimate of drug-likeness (QED) is 0.591. The standard InChI is InChI=1S/C5H2BrF3N2O/c6-2-3(5(7,8)9)10-1-11-4(2)12/h1-2H/t2-/m1/s1. The van der Waals surface area contributed by atoms with Crippen molar-refractivity contribution in [3.05, 3.63) is 0 Å². The number of amides is 1. The lowest BCUT2D eigenvalue weighted by Crippen LogP contribution is -2.37. The minimum atomic E-state index is -4.59. The van der Waals surface area contributed by atoms with Gasteiger partial charge < -0.3 is 0 Å². The van der Waals surface area contributed by atoms with Crippen molar-refractivity contribution in [2.24, 2.45) is 9.98 Å². The molecule has 0 fully saturated rings. The second-order valence-electron chi connectivity index (χ2n) is 1.96. The van der Waals surface area contributed by atoms with Crippen LogP contribution in [0, 0.1) is 0 Å². The Morgan fingerprint density at radius 1 is 1.50 bits per heavy atom. The van der Waals surface area contributed by atoms with Crippen LogP contribution in [0.3, 0.4) is 0 Å². The average Bonchev–Trinajstić information content (AvgIpc) is 1.92. The molecule has 0 unspecified atom stereocenters. The van der Waals surface area contributed by atoms with E-state index in [0.29, 0.717) is 6.34 Å². The molecular formula is C5H2BrF3N2O. The summed E-state index contributed by atoms with van der Waals surface area (Å²) in [6, 6.07) is 0. The van der Waals surface area contributed by atoms with Gasteiger partial charge in [-0.15, -0.1) is 0 Å². The van der Waals surface area contributed by atoms with E-state index in [1.54, 1.807) is 0 Å². The van der Waals surface area contributed by atoms with Crippen molar-refractivity contribution in [3.63, 3.8) is 0 Å². The summed E-state index contributed by atoms with van der Waals surface area (Å²) in [5, 5.41) is 0. The van der Waals surface area contributed by atoms with Crippen LogP contribution in [0.25, 0.3) is 0 Å². The number of rotatable bonds is 0. The third-order valence-electron chi connectivity index (χ3n) is 1.13. The van der Waals surface area contributed by atoms with Gasteiger partial charge in [0.15, 0.2) is 0 Å². The second kappa shape index (κ2) is 2.96. The highest BCUT2D eigenvalue weighted by atomic mass is 79.9. The Labute approximate surface area is 73.5 Å². The molecular weight excluding hydrogens is 241 g/mol. The molecule has 0 aliphatic carbocycles. The van der Waals surface area contributed by atoms with Crippen LogP contribution < -0.4 is 0 Å². The molecule has 1 rings (SSSR count). The zero-order chi connectivity index (χ0) is 9.35. The number of carbonyl (C=O) groups excluding carboxylic acids is 1. The molecule has 0 saturated heterocycles. The lowest BCUT2D eigenvalue weighted by Gasteiger charge is -2.14. The van der Waals surface area contributed by atoms with E-state index in [1.807, 2.05) is 0 Å². The highest BCUT2D eigenvalue weighted by Gasteiger charge is 2.43. The third kappa shape index (κ3) is 1.71. The summed E-state index contributed by atoms with van der Waals surface area (Å²) in [6.45, 7) is 0. The molecule has 7 heteroatoms. The first-order valence-corrected chi connectivity index (χ1v) is 3.70. The summed E-state index contributed by atoms with van der Waals surface area (Å²) in [5.41, 5.74) is -1.16. The van der Waals surface area contributed by atoms with Crippen molar-refractivity contribution in [2.45, 2.75) is 11.0 Å². The number of hydrogen-bond donors (Lipinski definition) is 0. The van der Waals surface area contributed by atoms with Gasteiger partial charge >= 0.3 is 6.18 Å². The molecule has 1 heterocycles. The average molecular weight is 243 g/mol. The molecule has 12 heavy (non-hydrogen) atoms. The fourth-order valence-electron chi connectivity index (χ4n) is 0.613. The number of alkyl halides is 4. The Bertz CT molecular complexity index is 270. The molecule has 0 aromatic rings. The van der Waals surface area contributed by atoms with Crippen LogP contribution in [-0.2, 0) is 4.79 Å². The first-order chi connectivity index (χ1) is 5.43. The Kier molecular flexibility index (Phi) is 2.31. The number of hydrogen-bond acceptors (Lipinski definition) is 2. The van der Waals surface area contributed by atoms with E-state index >= 15 is 0 Å². The molecule has 1 amide bonds. The number of carbonyl (C=O) groups is 1. The van der Waals surface area contributed by atoms with E-state index in [1.165, 1.54) is 0 Å². The zero-order valence-electron chi connectivity index (χ0n) is 5.47. The van der Waals surface area contributed by atoms with Crippen molar-refractivity contribution in [3.8, 4) is 0 Å². The topological polar surface area (TPSA) is 41.8 Å². The maximum atomic E-state index is 12.0. The van der Waals surface area contributed by atoms with Gasteiger partial charge in [-0.25, -0.2) is 9.98 Å². The summed E-state index contributed by atoms with van der Waals surface area (Å²) in [6.07, 6.45) is -3.99. The Morgan fingerprint density at radius 3 is 2.50 bits per heavy atom.